The molecule has 4 aromatic rings. The lowest BCUT2D eigenvalue weighted by molar-refractivity contribution is 0.0697. The Labute approximate surface area is 183 Å². The third kappa shape index (κ3) is 3.96. The van der Waals surface area contributed by atoms with Crippen LogP contribution in [0.25, 0.3) is 28.7 Å². The minimum Gasteiger partial charge on any atom is -0.497 e. The number of fused-ring (bicyclic) bond motifs is 1. The monoisotopic (exact) mass is 428 g/mol. The van der Waals surface area contributed by atoms with Crippen molar-refractivity contribution in [1.29, 1.82) is 0 Å². The second-order valence-corrected chi connectivity index (χ2v) is 6.92. The van der Waals surface area contributed by atoms with Crippen LogP contribution in [0.3, 0.4) is 0 Å². The van der Waals surface area contributed by atoms with Crippen molar-refractivity contribution >= 4 is 29.0 Å². The number of methoxy groups -OCH3 is 2. The Kier molecular flexibility index (Phi) is 5.72. The van der Waals surface area contributed by atoms with Crippen LogP contribution < -0.4 is 15.0 Å². The van der Waals surface area contributed by atoms with Crippen LogP contribution in [0.2, 0.25) is 0 Å². The standard InChI is InChI=1S/C25H20N2O5/c1-31-19-13-9-16(22(15-19)32-2)10-14-23-26-21-6-4-3-5-20(21)24(28)27(23)18-11-7-17(8-12-18)25(29)30/h3-15H,1-2H3,(H,29,30)/b14-10+. The molecule has 1 heterocycles. The summed E-state index contributed by atoms with van der Waals surface area (Å²) in [7, 11) is 3.15. The van der Waals surface area contributed by atoms with Gasteiger partial charge in [0, 0.05) is 11.6 Å². The third-order valence-electron chi connectivity index (χ3n) is 5.03. The molecule has 1 aromatic heterocycles. The van der Waals surface area contributed by atoms with Gasteiger partial charge >= 0.3 is 5.97 Å². The predicted octanol–water partition coefficient (Wildman–Crippen LogP) is 4.27. The first kappa shape index (κ1) is 20.9. The average Bonchev–Trinajstić information content (AvgIpc) is 2.82. The molecule has 0 fully saturated rings. The Morgan fingerprint density at radius 1 is 0.969 bits per heavy atom. The molecule has 0 amide bonds. The number of benzene rings is 3. The summed E-state index contributed by atoms with van der Waals surface area (Å²) in [6, 6.07) is 18.6. The summed E-state index contributed by atoms with van der Waals surface area (Å²) in [6.45, 7) is 0. The fourth-order valence-electron chi connectivity index (χ4n) is 3.38. The topological polar surface area (TPSA) is 90.7 Å². The van der Waals surface area contributed by atoms with E-state index in [4.69, 9.17) is 9.47 Å². The number of ether oxygens (including phenoxy) is 2. The van der Waals surface area contributed by atoms with E-state index >= 15 is 0 Å². The minimum atomic E-state index is -1.03. The van der Waals surface area contributed by atoms with Gasteiger partial charge < -0.3 is 14.6 Å². The molecule has 1 N–H and O–H groups in total. The van der Waals surface area contributed by atoms with Gasteiger partial charge in [-0.1, -0.05) is 12.1 Å². The van der Waals surface area contributed by atoms with Gasteiger partial charge in [-0.2, -0.15) is 0 Å². The van der Waals surface area contributed by atoms with Crippen LogP contribution in [0.4, 0.5) is 0 Å². The maximum atomic E-state index is 13.3. The lowest BCUT2D eigenvalue weighted by atomic mass is 10.1. The second kappa shape index (κ2) is 8.77. The molecule has 32 heavy (non-hydrogen) atoms. The van der Waals surface area contributed by atoms with E-state index in [9.17, 15) is 14.7 Å². The molecule has 3 aromatic carbocycles. The number of aromatic nitrogens is 2. The van der Waals surface area contributed by atoms with E-state index in [1.807, 2.05) is 18.2 Å². The fraction of sp³-hybridized carbons (Fsp3) is 0.0800. The van der Waals surface area contributed by atoms with Crippen LogP contribution in [0, 0.1) is 0 Å². The Morgan fingerprint density at radius 2 is 1.72 bits per heavy atom. The summed E-state index contributed by atoms with van der Waals surface area (Å²) in [4.78, 5) is 29.2. The molecule has 0 spiro atoms. The maximum Gasteiger partial charge on any atom is 0.335 e. The highest BCUT2D eigenvalue weighted by molar-refractivity contribution is 5.88. The van der Waals surface area contributed by atoms with E-state index in [1.165, 1.54) is 16.7 Å². The van der Waals surface area contributed by atoms with Crippen LogP contribution in [0.5, 0.6) is 11.5 Å². The quantitative estimate of drug-likeness (QED) is 0.493. The third-order valence-corrected chi connectivity index (χ3v) is 5.03. The minimum absolute atomic E-state index is 0.135. The number of carbonyl (C=O) groups is 1. The van der Waals surface area contributed by atoms with Crippen molar-refractivity contribution in [2.24, 2.45) is 0 Å². The highest BCUT2D eigenvalue weighted by Gasteiger charge is 2.12. The van der Waals surface area contributed by atoms with E-state index in [1.54, 1.807) is 62.8 Å². The number of nitrogens with zero attached hydrogens (tertiary/aromatic N) is 2. The van der Waals surface area contributed by atoms with Gasteiger partial charge in [-0.25, -0.2) is 9.78 Å². The molecular formula is C25H20N2O5. The highest BCUT2D eigenvalue weighted by Crippen LogP contribution is 2.26. The molecule has 0 radical (unpaired) electrons. The molecule has 0 aliphatic heterocycles. The molecule has 0 aliphatic carbocycles. The Balaban J connectivity index is 1.89. The lowest BCUT2D eigenvalue weighted by Gasteiger charge is -2.12. The van der Waals surface area contributed by atoms with Crippen molar-refractivity contribution in [3.05, 3.63) is 94.0 Å². The second-order valence-electron chi connectivity index (χ2n) is 6.92. The lowest BCUT2D eigenvalue weighted by Crippen LogP contribution is -2.22. The number of rotatable bonds is 6. The van der Waals surface area contributed by atoms with Crippen LogP contribution in [0.1, 0.15) is 21.7 Å². The number of para-hydroxylation sites is 1. The van der Waals surface area contributed by atoms with Crippen molar-refractivity contribution < 1.29 is 19.4 Å². The Bertz CT molecular complexity index is 1390. The number of carboxylic acid groups (broad SMARTS) is 1. The van der Waals surface area contributed by atoms with Crippen molar-refractivity contribution in [3.8, 4) is 17.2 Å². The van der Waals surface area contributed by atoms with Gasteiger partial charge in [-0.05, 0) is 60.7 Å². The molecule has 0 bridgehead atoms. The smallest absolute Gasteiger partial charge is 0.335 e. The Hall–Kier alpha value is -4.39. The normalized spacial score (nSPS) is 11.1. The van der Waals surface area contributed by atoms with E-state index in [0.717, 1.165) is 5.56 Å². The van der Waals surface area contributed by atoms with E-state index in [-0.39, 0.29) is 11.1 Å². The van der Waals surface area contributed by atoms with Crippen molar-refractivity contribution in [2.45, 2.75) is 0 Å². The number of hydrogen-bond donors (Lipinski definition) is 1. The molecule has 160 valence electrons. The maximum absolute atomic E-state index is 13.3. The van der Waals surface area contributed by atoms with Gasteiger partial charge in [0.2, 0.25) is 0 Å². The summed E-state index contributed by atoms with van der Waals surface area (Å²) in [5.74, 6) is 0.640. The molecule has 0 saturated heterocycles. The molecular weight excluding hydrogens is 408 g/mol. The first-order valence-corrected chi connectivity index (χ1v) is 9.77. The van der Waals surface area contributed by atoms with Crippen molar-refractivity contribution in [3.63, 3.8) is 0 Å². The number of carboxylic acids is 1. The van der Waals surface area contributed by atoms with Crippen LogP contribution in [-0.4, -0.2) is 34.8 Å². The SMILES string of the molecule is COc1ccc(/C=C/c2nc3ccccc3c(=O)n2-c2ccc(C(=O)O)cc2)c(OC)c1. The highest BCUT2D eigenvalue weighted by atomic mass is 16.5. The predicted molar refractivity (Wildman–Crippen MR) is 123 cm³/mol. The van der Waals surface area contributed by atoms with Crippen molar-refractivity contribution in [1.82, 2.24) is 9.55 Å². The zero-order valence-electron chi connectivity index (χ0n) is 17.5. The molecule has 7 nitrogen and oxygen atoms in total. The van der Waals surface area contributed by atoms with Gasteiger partial charge in [-0.3, -0.25) is 9.36 Å². The van der Waals surface area contributed by atoms with Crippen LogP contribution >= 0.6 is 0 Å². The van der Waals surface area contributed by atoms with Gasteiger partial charge in [0.1, 0.15) is 17.3 Å². The Morgan fingerprint density at radius 3 is 2.41 bits per heavy atom. The van der Waals surface area contributed by atoms with Gasteiger partial charge in [0.05, 0.1) is 36.4 Å². The summed E-state index contributed by atoms with van der Waals surface area (Å²) in [5, 5.41) is 9.65. The van der Waals surface area contributed by atoms with Crippen LogP contribution in [0.15, 0.2) is 71.5 Å². The van der Waals surface area contributed by atoms with Gasteiger partial charge in [-0.15, -0.1) is 0 Å². The van der Waals surface area contributed by atoms with Gasteiger partial charge in [0.25, 0.3) is 5.56 Å². The molecule has 0 atom stereocenters. The molecule has 0 saturated carbocycles. The van der Waals surface area contributed by atoms with Gasteiger partial charge in [0.15, 0.2) is 0 Å². The number of hydrogen-bond acceptors (Lipinski definition) is 5. The summed E-state index contributed by atoms with van der Waals surface area (Å²) in [5.41, 5.74) is 1.75. The van der Waals surface area contributed by atoms with E-state index in [2.05, 4.69) is 4.98 Å². The zero-order valence-corrected chi connectivity index (χ0v) is 17.5. The summed E-state index contributed by atoms with van der Waals surface area (Å²) < 4.78 is 12.1. The molecule has 0 unspecified atom stereocenters. The zero-order chi connectivity index (χ0) is 22.7. The molecule has 7 heteroatoms. The number of aromatic carboxylic acids is 1. The fourth-order valence-corrected chi connectivity index (χ4v) is 3.38. The largest absolute Gasteiger partial charge is 0.497 e. The first-order valence-electron chi connectivity index (χ1n) is 9.77. The average molecular weight is 428 g/mol. The summed E-state index contributed by atoms with van der Waals surface area (Å²) in [6.07, 6.45) is 3.53. The van der Waals surface area contributed by atoms with E-state index in [0.29, 0.717) is 33.9 Å². The molecule has 0 aliphatic rings. The van der Waals surface area contributed by atoms with E-state index < -0.39 is 5.97 Å². The summed E-state index contributed by atoms with van der Waals surface area (Å²) >= 11 is 0. The van der Waals surface area contributed by atoms with Crippen LogP contribution in [-0.2, 0) is 0 Å². The molecule has 4 rings (SSSR count). The first-order chi connectivity index (χ1) is 15.5. The van der Waals surface area contributed by atoms with Crippen molar-refractivity contribution in [2.75, 3.05) is 14.2 Å².